The van der Waals surface area contributed by atoms with Crippen LogP contribution in [0.3, 0.4) is 0 Å². The van der Waals surface area contributed by atoms with Gasteiger partial charge in [-0.1, -0.05) is 0 Å². The lowest BCUT2D eigenvalue weighted by Crippen LogP contribution is -2.46. The first kappa shape index (κ1) is 26.3. The van der Waals surface area contributed by atoms with E-state index in [2.05, 4.69) is 23.1 Å². The van der Waals surface area contributed by atoms with Gasteiger partial charge in [-0.05, 0) is 19.9 Å². The molecule has 3 rings (SSSR count). The number of aliphatic hydroxyl groups excluding tert-OH is 1. The third-order valence-electron chi connectivity index (χ3n) is 4.67. The van der Waals surface area contributed by atoms with E-state index in [4.69, 9.17) is 20.3 Å². The molecule has 3 unspecified atom stereocenters. The van der Waals surface area contributed by atoms with Gasteiger partial charge in [-0.25, -0.2) is 23.7 Å². The summed E-state index contributed by atoms with van der Waals surface area (Å²) in [6.07, 6.45) is -3.45. The Hall–Kier alpha value is -1.29. The zero-order valence-electron chi connectivity index (χ0n) is 16.8. The molecule has 1 aliphatic heterocycles. The molecule has 0 aromatic carbocycles. The highest BCUT2D eigenvalue weighted by atomic mass is 31.3. The molecule has 0 spiro atoms. The zero-order valence-corrected chi connectivity index (χ0v) is 19.5. The number of phosphoric acid groups is 3. The van der Waals surface area contributed by atoms with Crippen LogP contribution in [0.5, 0.6) is 0 Å². The van der Waals surface area contributed by atoms with Gasteiger partial charge in [-0.2, -0.15) is 8.62 Å². The quantitative estimate of drug-likeness (QED) is 0.215. The van der Waals surface area contributed by atoms with Gasteiger partial charge in [0.2, 0.25) is 0 Å². The Morgan fingerprint density at radius 1 is 1.18 bits per heavy atom. The number of nitrogens with two attached hydrogens (primary N) is 1. The Bertz CT molecular complexity index is 1180. The number of anilines is 1. The van der Waals surface area contributed by atoms with Crippen molar-refractivity contribution >= 4 is 40.3 Å². The summed E-state index contributed by atoms with van der Waals surface area (Å²) in [5.74, 6) is 0.148. The molecule has 7 atom stereocenters. The van der Waals surface area contributed by atoms with Gasteiger partial charge < -0.3 is 44.8 Å². The van der Waals surface area contributed by atoms with Crippen molar-refractivity contribution in [3.63, 3.8) is 0 Å². The fourth-order valence-corrected chi connectivity index (χ4v) is 6.50. The van der Waals surface area contributed by atoms with Gasteiger partial charge in [-0.15, -0.1) is 0 Å². The molecule has 1 saturated heterocycles. The van der Waals surface area contributed by atoms with E-state index in [9.17, 15) is 33.7 Å². The Morgan fingerprint density at radius 3 is 2.42 bits per heavy atom. The van der Waals surface area contributed by atoms with Crippen molar-refractivity contribution < 1.29 is 61.4 Å². The maximum absolute atomic E-state index is 12.1. The highest BCUT2D eigenvalue weighted by molar-refractivity contribution is 7.66. The molecule has 0 amide bonds. The second-order valence-corrected chi connectivity index (χ2v) is 11.6. The number of fused-ring (bicyclic) bond motifs is 1. The highest BCUT2D eigenvalue weighted by Crippen LogP contribution is 2.66. The van der Waals surface area contributed by atoms with Crippen molar-refractivity contribution in [3.05, 3.63) is 18.6 Å². The number of nitrogen functional groups attached to an aromatic ring is 1. The molecule has 1 aliphatic rings. The van der Waals surface area contributed by atoms with Gasteiger partial charge in [0.25, 0.3) is 0 Å². The number of hydrogen-bond donors (Lipinski definition) is 7. The predicted octanol–water partition coefficient (Wildman–Crippen LogP) is -0.245. The van der Waals surface area contributed by atoms with E-state index >= 15 is 0 Å². The lowest BCUT2D eigenvalue weighted by Gasteiger charge is -2.28. The summed E-state index contributed by atoms with van der Waals surface area (Å²) >= 11 is 0. The van der Waals surface area contributed by atoms with E-state index < -0.39 is 53.6 Å². The highest BCUT2D eigenvalue weighted by Gasteiger charge is 2.56. The Labute approximate surface area is 185 Å². The van der Waals surface area contributed by atoms with Crippen molar-refractivity contribution in [2.75, 3.05) is 5.73 Å². The van der Waals surface area contributed by atoms with Crippen molar-refractivity contribution in [2.24, 2.45) is 0 Å². The lowest BCUT2D eigenvalue weighted by molar-refractivity contribution is -0.0979. The summed E-state index contributed by atoms with van der Waals surface area (Å²) in [6, 6.07) is 1.54. The van der Waals surface area contributed by atoms with Crippen molar-refractivity contribution in [1.29, 1.82) is 0 Å². The minimum absolute atomic E-state index is 0.148. The Balaban J connectivity index is 1.81. The summed E-state index contributed by atoms with van der Waals surface area (Å²) in [5, 5.41) is 21.9. The summed E-state index contributed by atoms with van der Waals surface area (Å²) in [7, 11) is -16.8. The number of rotatable bonds is 8. The van der Waals surface area contributed by atoms with E-state index in [1.54, 1.807) is 6.07 Å². The molecule has 17 nitrogen and oxygen atoms in total. The maximum Gasteiger partial charge on any atom is 0.490 e. The molecule has 3 heterocycles. The normalized spacial score (nSPS) is 30.7. The number of aliphatic hydroxyl groups is 2. The average molecular weight is 534 g/mol. The predicted molar refractivity (Wildman–Crippen MR) is 107 cm³/mol. The van der Waals surface area contributed by atoms with Gasteiger partial charge in [-0.3, -0.25) is 4.52 Å². The number of phosphoric ester groups is 1. The third-order valence-corrected chi connectivity index (χ3v) is 8.59. The summed E-state index contributed by atoms with van der Waals surface area (Å²) < 4.78 is 53.3. The van der Waals surface area contributed by atoms with Gasteiger partial charge in [0.1, 0.15) is 35.6 Å². The van der Waals surface area contributed by atoms with Gasteiger partial charge in [0.15, 0.2) is 6.23 Å². The van der Waals surface area contributed by atoms with E-state index in [0.29, 0.717) is 5.39 Å². The summed E-state index contributed by atoms with van der Waals surface area (Å²) in [5.41, 5.74) is 4.04. The largest absolute Gasteiger partial charge is 0.490 e. The number of nitrogens with zero attached hydrogens (tertiary/aromatic N) is 3. The van der Waals surface area contributed by atoms with Gasteiger partial charge in [0.05, 0.1) is 11.5 Å². The SMILES string of the molecule is CC(OP(=O)(O)OP(=O)(O)OP(=O)(O)O)[C@H]1O[C@@H](n2ccc3c(N)ncnc32)[C@](C)(O)[C@@H]1O. The first-order valence-corrected chi connectivity index (χ1v) is 13.4. The second-order valence-electron chi connectivity index (χ2n) is 7.24. The lowest BCUT2D eigenvalue weighted by atomic mass is 9.94. The molecule has 2 aromatic rings. The molecule has 1 fully saturated rings. The molecule has 0 bridgehead atoms. The van der Waals surface area contributed by atoms with Crippen LogP contribution in [0, 0.1) is 0 Å². The van der Waals surface area contributed by atoms with Crippen LogP contribution in [0.25, 0.3) is 11.0 Å². The van der Waals surface area contributed by atoms with Gasteiger partial charge >= 0.3 is 23.5 Å². The van der Waals surface area contributed by atoms with Crippen LogP contribution in [0.1, 0.15) is 20.1 Å². The van der Waals surface area contributed by atoms with Crippen LogP contribution in [0.4, 0.5) is 5.82 Å². The molecule has 0 aliphatic carbocycles. The minimum Gasteiger partial charge on any atom is -0.387 e. The minimum atomic E-state index is -5.73. The average Bonchev–Trinajstić information content (AvgIpc) is 3.11. The Kier molecular flexibility index (Phi) is 6.97. The van der Waals surface area contributed by atoms with E-state index in [1.807, 2.05) is 0 Å². The molecule has 20 heteroatoms. The van der Waals surface area contributed by atoms with E-state index in [0.717, 1.165) is 6.92 Å². The number of hydrogen-bond acceptors (Lipinski definition) is 12. The van der Waals surface area contributed by atoms with Crippen LogP contribution in [0.2, 0.25) is 0 Å². The standard InChI is InChI=1S/C13H21N4O13P3/c1-6(28-32(23,24)30-33(25,26)29-31(20,21)22)8-9(18)13(2,19)12(27-8)17-4-3-7-10(14)15-5-16-11(7)17/h3-6,8-9,12,18-19H,1-2H3,(H,23,24)(H,25,26)(H2,14,15,16)(H2,20,21,22)/t6?,8-,9-,12-,13-/m1/s1. The maximum atomic E-state index is 12.1. The van der Waals surface area contributed by atoms with Crippen LogP contribution in [-0.4, -0.2) is 68.2 Å². The van der Waals surface area contributed by atoms with E-state index in [-0.39, 0.29) is 11.5 Å². The van der Waals surface area contributed by atoms with Crippen molar-refractivity contribution in [3.8, 4) is 0 Å². The second kappa shape index (κ2) is 8.73. The monoisotopic (exact) mass is 534 g/mol. The smallest absolute Gasteiger partial charge is 0.387 e. The summed E-state index contributed by atoms with van der Waals surface area (Å²) in [4.78, 5) is 44.0. The molecule has 8 N–H and O–H groups in total. The first-order valence-electron chi connectivity index (χ1n) is 8.89. The molecular weight excluding hydrogens is 513 g/mol. The first-order chi connectivity index (χ1) is 14.9. The molecule has 186 valence electrons. The molecule has 0 radical (unpaired) electrons. The molecule has 2 aromatic heterocycles. The fraction of sp³-hybridized carbons (Fsp3) is 0.538. The van der Waals surface area contributed by atoms with Crippen LogP contribution in [-0.2, 0) is 31.6 Å². The number of aromatic nitrogens is 3. The van der Waals surface area contributed by atoms with Crippen molar-refractivity contribution in [2.45, 2.75) is 44.0 Å². The Morgan fingerprint density at radius 2 is 1.82 bits per heavy atom. The number of ether oxygens (including phenoxy) is 1. The van der Waals surface area contributed by atoms with E-state index in [1.165, 1.54) is 24.0 Å². The van der Waals surface area contributed by atoms with Crippen LogP contribution >= 0.6 is 23.5 Å². The third kappa shape index (κ3) is 5.69. The zero-order chi connectivity index (χ0) is 25.0. The molecular formula is C13H21N4O13P3. The van der Waals surface area contributed by atoms with Crippen LogP contribution in [0.15, 0.2) is 18.6 Å². The van der Waals surface area contributed by atoms with Crippen LogP contribution < -0.4 is 5.73 Å². The molecule has 0 saturated carbocycles. The van der Waals surface area contributed by atoms with Gasteiger partial charge in [0, 0.05) is 6.20 Å². The summed E-state index contributed by atoms with van der Waals surface area (Å²) in [6.45, 7) is 2.33. The topological polar surface area (TPSA) is 266 Å². The molecule has 33 heavy (non-hydrogen) atoms. The fourth-order valence-electron chi connectivity index (χ4n) is 3.30. The van der Waals surface area contributed by atoms with Crippen molar-refractivity contribution in [1.82, 2.24) is 14.5 Å².